The smallest absolute Gasteiger partial charge is 0.104 e. The summed E-state index contributed by atoms with van der Waals surface area (Å²) in [4.78, 5) is 0. The highest BCUT2D eigenvalue weighted by Gasteiger charge is 2.34. The van der Waals surface area contributed by atoms with Gasteiger partial charge in [0.2, 0.25) is 0 Å². The summed E-state index contributed by atoms with van der Waals surface area (Å²) in [6.45, 7) is 4.06. The predicted molar refractivity (Wildman–Crippen MR) is 86.0 cm³/mol. The molecule has 0 bridgehead atoms. The Morgan fingerprint density at radius 1 is 1.18 bits per heavy atom. The van der Waals surface area contributed by atoms with E-state index in [0.717, 1.165) is 19.4 Å². The molecule has 5 nitrogen and oxygen atoms in total. The molecule has 0 saturated heterocycles. The first-order valence-corrected chi connectivity index (χ1v) is 8.33. The molecule has 22 heavy (non-hydrogen) atoms. The van der Waals surface area contributed by atoms with Gasteiger partial charge in [-0.25, -0.2) is 0 Å². The molecule has 1 heterocycles. The summed E-state index contributed by atoms with van der Waals surface area (Å²) in [5.74, 6) is 0. The monoisotopic (exact) mass is 310 g/mol. The minimum atomic E-state index is -0.127. The van der Waals surface area contributed by atoms with Crippen LogP contribution in [0.1, 0.15) is 44.2 Å². The van der Waals surface area contributed by atoms with Gasteiger partial charge in [-0.2, -0.15) is 5.10 Å². The average Bonchev–Trinajstić information content (AvgIpc) is 2.78. The predicted octanol–water partition coefficient (Wildman–Crippen LogP) is 2.96. The van der Waals surface area contributed by atoms with Crippen LogP contribution in [-0.4, -0.2) is 48.9 Å². The Hall–Kier alpha value is -0.910. The van der Waals surface area contributed by atoms with E-state index < -0.39 is 0 Å². The minimum Gasteiger partial charge on any atom is -0.382 e. The molecule has 1 aliphatic carbocycles. The molecule has 1 atom stereocenters. The number of aromatic nitrogens is 2. The molecule has 1 aromatic heterocycles. The van der Waals surface area contributed by atoms with Gasteiger partial charge < -0.3 is 14.2 Å². The largest absolute Gasteiger partial charge is 0.382 e. The number of hydrogen-bond donors (Lipinski definition) is 0. The van der Waals surface area contributed by atoms with Crippen LogP contribution in [0.25, 0.3) is 0 Å². The van der Waals surface area contributed by atoms with Crippen LogP contribution in [0.15, 0.2) is 12.3 Å². The lowest BCUT2D eigenvalue weighted by Crippen LogP contribution is -2.41. The third-order valence-corrected chi connectivity index (χ3v) is 4.64. The van der Waals surface area contributed by atoms with Crippen LogP contribution in [0, 0.1) is 6.92 Å². The number of nitrogens with zero attached hydrogens (tertiary/aromatic N) is 2. The van der Waals surface area contributed by atoms with E-state index in [1.165, 1.54) is 31.4 Å². The highest BCUT2D eigenvalue weighted by atomic mass is 16.6. The molecule has 0 aliphatic heterocycles. The van der Waals surface area contributed by atoms with E-state index in [0.29, 0.717) is 13.2 Å². The number of rotatable bonds is 8. The summed E-state index contributed by atoms with van der Waals surface area (Å²) in [6, 6.07) is 2.05. The molecule has 1 unspecified atom stereocenters. The molecule has 1 fully saturated rings. The van der Waals surface area contributed by atoms with Crippen LogP contribution < -0.4 is 0 Å². The lowest BCUT2D eigenvalue weighted by molar-refractivity contribution is -0.116. The zero-order valence-corrected chi connectivity index (χ0v) is 14.2. The van der Waals surface area contributed by atoms with E-state index >= 15 is 0 Å². The van der Waals surface area contributed by atoms with Crippen molar-refractivity contribution in [2.24, 2.45) is 0 Å². The fraction of sp³-hybridized carbons (Fsp3) is 0.824. The second-order valence-electron chi connectivity index (χ2n) is 6.35. The first-order chi connectivity index (χ1) is 10.7. The maximum Gasteiger partial charge on any atom is 0.104 e. The Balaban J connectivity index is 2.05. The van der Waals surface area contributed by atoms with E-state index in [1.54, 1.807) is 14.2 Å². The van der Waals surface area contributed by atoms with Crippen LogP contribution in [0.4, 0.5) is 0 Å². The Bertz CT molecular complexity index is 425. The lowest BCUT2D eigenvalue weighted by Gasteiger charge is -2.34. The molecule has 0 spiro atoms. The van der Waals surface area contributed by atoms with E-state index in [2.05, 4.69) is 16.7 Å². The molecule has 1 aromatic rings. The fourth-order valence-corrected chi connectivity index (χ4v) is 3.20. The van der Waals surface area contributed by atoms with Gasteiger partial charge in [0.15, 0.2) is 0 Å². The van der Waals surface area contributed by atoms with Gasteiger partial charge in [-0.05, 0) is 25.8 Å². The molecule has 1 saturated carbocycles. The maximum atomic E-state index is 6.42. The average molecular weight is 310 g/mol. The fourth-order valence-electron chi connectivity index (χ4n) is 3.20. The minimum absolute atomic E-state index is 0.0103. The van der Waals surface area contributed by atoms with Crippen molar-refractivity contribution in [1.82, 2.24) is 9.78 Å². The highest BCUT2D eigenvalue weighted by molar-refractivity contribution is 4.98. The highest BCUT2D eigenvalue weighted by Crippen LogP contribution is 2.32. The molecular formula is C17H30N2O3. The summed E-state index contributed by atoms with van der Waals surface area (Å²) in [5.41, 5.74) is 1.06. The molecular weight excluding hydrogens is 280 g/mol. The van der Waals surface area contributed by atoms with Gasteiger partial charge in [-0.3, -0.25) is 4.68 Å². The topological polar surface area (TPSA) is 45.5 Å². The standard InChI is InChI=1S/C17H30N2O3/c1-15-8-11-18-19(15)14-17(9-6-4-5-7-10-17)22-13-16(21-3)12-20-2/h8,11,16H,4-7,9-10,12-14H2,1-3H3. The molecule has 0 aromatic carbocycles. The van der Waals surface area contributed by atoms with Gasteiger partial charge in [-0.15, -0.1) is 0 Å². The molecule has 126 valence electrons. The maximum absolute atomic E-state index is 6.42. The van der Waals surface area contributed by atoms with Crippen molar-refractivity contribution >= 4 is 0 Å². The summed E-state index contributed by atoms with van der Waals surface area (Å²) >= 11 is 0. The van der Waals surface area contributed by atoms with Crippen LogP contribution >= 0.6 is 0 Å². The van der Waals surface area contributed by atoms with Gasteiger partial charge in [0.25, 0.3) is 0 Å². The summed E-state index contributed by atoms with van der Waals surface area (Å²) in [5, 5.41) is 4.45. The first-order valence-electron chi connectivity index (χ1n) is 8.33. The number of methoxy groups -OCH3 is 2. The Morgan fingerprint density at radius 3 is 2.45 bits per heavy atom. The lowest BCUT2D eigenvalue weighted by atomic mass is 9.94. The molecule has 2 rings (SSSR count). The third kappa shape index (κ3) is 4.80. The second-order valence-corrected chi connectivity index (χ2v) is 6.35. The second kappa shape index (κ2) is 8.65. The number of ether oxygens (including phenoxy) is 3. The first kappa shape index (κ1) is 17.4. The van der Waals surface area contributed by atoms with E-state index in [-0.39, 0.29) is 11.7 Å². The van der Waals surface area contributed by atoms with Gasteiger partial charge >= 0.3 is 0 Å². The van der Waals surface area contributed by atoms with Crippen molar-refractivity contribution in [3.63, 3.8) is 0 Å². The summed E-state index contributed by atoms with van der Waals surface area (Å²) in [6.07, 6.45) is 9.09. The Kier molecular flexibility index (Phi) is 6.86. The van der Waals surface area contributed by atoms with E-state index in [9.17, 15) is 0 Å². The van der Waals surface area contributed by atoms with Crippen molar-refractivity contribution in [3.05, 3.63) is 18.0 Å². The molecule has 0 N–H and O–H groups in total. The zero-order valence-electron chi connectivity index (χ0n) is 14.2. The van der Waals surface area contributed by atoms with Crippen molar-refractivity contribution in [2.45, 2.75) is 63.7 Å². The number of aryl methyl sites for hydroxylation is 1. The Morgan fingerprint density at radius 2 is 1.91 bits per heavy atom. The van der Waals surface area contributed by atoms with E-state index in [1.807, 2.05) is 12.3 Å². The van der Waals surface area contributed by atoms with Crippen LogP contribution in [0.5, 0.6) is 0 Å². The zero-order chi connectivity index (χ0) is 15.8. The quantitative estimate of drug-likeness (QED) is 0.693. The third-order valence-electron chi connectivity index (χ3n) is 4.64. The van der Waals surface area contributed by atoms with Crippen LogP contribution in [-0.2, 0) is 20.8 Å². The van der Waals surface area contributed by atoms with Crippen LogP contribution in [0.3, 0.4) is 0 Å². The van der Waals surface area contributed by atoms with Crippen molar-refractivity contribution in [2.75, 3.05) is 27.4 Å². The molecule has 5 heteroatoms. The van der Waals surface area contributed by atoms with E-state index in [4.69, 9.17) is 14.2 Å². The normalized spacial score (nSPS) is 19.8. The van der Waals surface area contributed by atoms with Crippen LogP contribution in [0.2, 0.25) is 0 Å². The van der Waals surface area contributed by atoms with Gasteiger partial charge in [0.05, 0.1) is 25.4 Å². The summed E-state index contributed by atoms with van der Waals surface area (Å²) in [7, 11) is 3.41. The molecule has 1 aliphatic rings. The van der Waals surface area contributed by atoms with Crippen molar-refractivity contribution in [3.8, 4) is 0 Å². The van der Waals surface area contributed by atoms with Gasteiger partial charge in [0.1, 0.15) is 6.10 Å². The van der Waals surface area contributed by atoms with Gasteiger partial charge in [0, 0.05) is 26.1 Å². The SMILES string of the molecule is COCC(COC1(Cn2nccc2C)CCCCCC1)OC. The van der Waals surface area contributed by atoms with Crippen molar-refractivity contribution in [1.29, 1.82) is 0 Å². The summed E-state index contributed by atoms with van der Waals surface area (Å²) < 4.78 is 19.1. The number of hydrogen-bond acceptors (Lipinski definition) is 4. The molecule has 0 amide bonds. The van der Waals surface area contributed by atoms with Crippen molar-refractivity contribution < 1.29 is 14.2 Å². The molecule has 0 radical (unpaired) electrons. The Labute approximate surface area is 133 Å². The van der Waals surface area contributed by atoms with Gasteiger partial charge in [-0.1, -0.05) is 25.7 Å².